The summed E-state index contributed by atoms with van der Waals surface area (Å²) in [6.45, 7) is 0.850. The Bertz CT molecular complexity index is 337. The molecule has 0 saturated carbocycles. The predicted octanol–water partition coefficient (Wildman–Crippen LogP) is 1.96. The molecule has 0 aliphatic rings. The molecule has 1 atom stereocenters. The van der Waals surface area contributed by atoms with E-state index in [-0.39, 0.29) is 11.8 Å². The minimum absolute atomic E-state index is 0.232. The summed E-state index contributed by atoms with van der Waals surface area (Å²) < 4.78 is 38.2. The van der Waals surface area contributed by atoms with Gasteiger partial charge in [-0.05, 0) is 6.92 Å². The normalized spacial score (nSPS) is 14.3. The van der Waals surface area contributed by atoms with Crippen LogP contribution >= 0.6 is 11.8 Å². The van der Waals surface area contributed by atoms with Crippen molar-refractivity contribution in [2.24, 2.45) is 7.05 Å². The molecule has 0 amide bonds. The number of thioether (sulfide) groups is 1. The van der Waals surface area contributed by atoms with E-state index in [4.69, 9.17) is 5.11 Å². The van der Waals surface area contributed by atoms with Gasteiger partial charge in [-0.3, -0.25) is 0 Å². The lowest BCUT2D eigenvalue weighted by Crippen LogP contribution is -2.22. The number of hydrogen-bond acceptors (Lipinski definition) is 3. The van der Waals surface area contributed by atoms with Gasteiger partial charge >= 0.3 is 6.18 Å². The Balaban J connectivity index is 2.77. The van der Waals surface area contributed by atoms with E-state index in [0.29, 0.717) is 17.5 Å². The van der Waals surface area contributed by atoms with Gasteiger partial charge in [0.15, 0.2) is 5.16 Å². The van der Waals surface area contributed by atoms with Crippen molar-refractivity contribution < 1.29 is 18.3 Å². The van der Waals surface area contributed by atoms with Crippen LogP contribution in [0.5, 0.6) is 0 Å². The number of halogens is 3. The fourth-order valence-electron chi connectivity index (χ4n) is 0.907. The van der Waals surface area contributed by atoms with Crippen LogP contribution in [0.3, 0.4) is 0 Å². The number of imidazole rings is 1. The molecular weight excluding hydrogens is 229 g/mol. The summed E-state index contributed by atoms with van der Waals surface area (Å²) in [4.78, 5) is 3.81. The third-order valence-electron chi connectivity index (χ3n) is 1.95. The van der Waals surface area contributed by atoms with Gasteiger partial charge in [-0.1, -0.05) is 11.8 Å². The number of aliphatic hydroxyl groups is 1. The molecule has 0 bridgehead atoms. The van der Waals surface area contributed by atoms with Crippen LogP contribution in [-0.4, -0.2) is 26.1 Å². The maximum absolute atomic E-state index is 12.2. The molecule has 0 fully saturated rings. The van der Waals surface area contributed by atoms with Crippen LogP contribution in [0.1, 0.15) is 12.6 Å². The second kappa shape index (κ2) is 4.44. The molecule has 7 heteroatoms. The fraction of sp³-hybridized carbons (Fsp3) is 0.625. The molecule has 0 aliphatic heterocycles. The average Bonchev–Trinajstić information content (AvgIpc) is 2.46. The van der Waals surface area contributed by atoms with Crippen LogP contribution in [0.2, 0.25) is 0 Å². The lowest BCUT2D eigenvalue weighted by molar-refractivity contribution is -0.125. The quantitative estimate of drug-likeness (QED) is 0.821. The number of nitrogens with zero attached hydrogens (tertiary/aromatic N) is 2. The predicted molar refractivity (Wildman–Crippen MR) is 50.5 cm³/mol. The fourth-order valence-corrected chi connectivity index (χ4v) is 1.75. The zero-order valence-electron chi connectivity index (χ0n) is 8.25. The summed E-state index contributed by atoms with van der Waals surface area (Å²) >= 11 is 0.629. The zero-order valence-corrected chi connectivity index (χ0v) is 9.06. The third kappa shape index (κ3) is 2.88. The first-order chi connectivity index (χ1) is 6.86. The van der Waals surface area contributed by atoms with Gasteiger partial charge < -0.3 is 9.67 Å². The summed E-state index contributed by atoms with van der Waals surface area (Å²) in [6.07, 6.45) is -2.87. The number of alkyl halides is 3. The van der Waals surface area contributed by atoms with Gasteiger partial charge in [0.1, 0.15) is 5.25 Å². The van der Waals surface area contributed by atoms with Gasteiger partial charge in [0.05, 0.1) is 18.5 Å². The molecule has 1 N–H and O–H groups in total. The Morgan fingerprint density at radius 2 is 2.20 bits per heavy atom. The molecule has 1 heterocycles. The first-order valence-corrected chi connectivity index (χ1v) is 5.09. The molecule has 3 nitrogen and oxygen atoms in total. The maximum Gasteiger partial charge on any atom is 0.400 e. The Morgan fingerprint density at radius 3 is 2.60 bits per heavy atom. The number of hydrogen-bond donors (Lipinski definition) is 1. The zero-order chi connectivity index (χ0) is 11.6. The molecule has 86 valence electrons. The van der Waals surface area contributed by atoms with E-state index < -0.39 is 11.4 Å². The molecule has 0 aliphatic carbocycles. The van der Waals surface area contributed by atoms with Crippen LogP contribution in [-0.2, 0) is 13.7 Å². The van der Waals surface area contributed by atoms with Gasteiger partial charge in [-0.2, -0.15) is 13.2 Å². The van der Waals surface area contributed by atoms with Gasteiger partial charge in [-0.25, -0.2) is 4.98 Å². The molecule has 1 rings (SSSR count). The molecule has 0 aromatic carbocycles. The second-order valence-electron chi connectivity index (χ2n) is 3.05. The summed E-state index contributed by atoms with van der Waals surface area (Å²) in [5, 5.41) is 7.58. The van der Waals surface area contributed by atoms with Gasteiger partial charge in [-0.15, -0.1) is 0 Å². The van der Waals surface area contributed by atoms with Crippen molar-refractivity contribution in [1.82, 2.24) is 9.55 Å². The van der Waals surface area contributed by atoms with Gasteiger partial charge in [0.25, 0.3) is 0 Å². The van der Waals surface area contributed by atoms with Crippen molar-refractivity contribution in [3.05, 3.63) is 11.9 Å². The van der Waals surface area contributed by atoms with E-state index >= 15 is 0 Å². The highest BCUT2D eigenvalue weighted by Crippen LogP contribution is 2.34. The molecule has 0 spiro atoms. The Kier molecular flexibility index (Phi) is 3.67. The monoisotopic (exact) mass is 240 g/mol. The summed E-state index contributed by atoms with van der Waals surface area (Å²) in [7, 11) is 1.57. The molecular formula is C8H11F3N2OS. The second-order valence-corrected chi connectivity index (χ2v) is 4.36. The average molecular weight is 240 g/mol. The van der Waals surface area contributed by atoms with Crippen molar-refractivity contribution in [3.63, 3.8) is 0 Å². The highest BCUT2D eigenvalue weighted by Gasteiger charge is 2.37. The smallest absolute Gasteiger partial charge is 0.390 e. The largest absolute Gasteiger partial charge is 0.400 e. The van der Waals surface area contributed by atoms with E-state index in [9.17, 15) is 13.2 Å². The van der Waals surface area contributed by atoms with E-state index in [0.717, 1.165) is 6.92 Å². The van der Waals surface area contributed by atoms with Crippen LogP contribution in [0, 0.1) is 0 Å². The summed E-state index contributed by atoms with van der Waals surface area (Å²) in [6, 6.07) is 0. The number of aliphatic hydroxyl groups excluding tert-OH is 1. The Morgan fingerprint density at radius 1 is 1.60 bits per heavy atom. The minimum atomic E-state index is -4.24. The van der Waals surface area contributed by atoms with Crippen molar-refractivity contribution >= 4 is 11.8 Å². The van der Waals surface area contributed by atoms with Crippen molar-refractivity contribution in [2.45, 2.75) is 30.1 Å². The standard InChI is InChI=1S/C8H11F3N2OS/c1-5(8(9,10)11)15-7-12-3-6(4-14)13(7)2/h3,5,14H,4H2,1-2H3. The van der Waals surface area contributed by atoms with Crippen molar-refractivity contribution in [2.75, 3.05) is 0 Å². The molecule has 1 aromatic rings. The molecule has 1 aromatic heterocycles. The van der Waals surface area contributed by atoms with Gasteiger partial charge in [0.2, 0.25) is 0 Å². The molecule has 15 heavy (non-hydrogen) atoms. The minimum Gasteiger partial charge on any atom is -0.390 e. The van der Waals surface area contributed by atoms with Crippen LogP contribution in [0.25, 0.3) is 0 Å². The molecule has 1 unspecified atom stereocenters. The van der Waals surface area contributed by atoms with Crippen LogP contribution < -0.4 is 0 Å². The van der Waals surface area contributed by atoms with Crippen LogP contribution in [0.4, 0.5) is 13.2 Å². The summed E-state index contributed by atoms with van der Waals surface area (Å²) in [5.74, 6) is 0. The van der Waals surface area contributed by atoms with E-state index in [1.54, 1.807) is 7.05 Å². The molecule has 0 saturated heterocycles. The van der Waals surface area contributed by atoms with Crippen molar-refractivity contribution in [1.29, 1.82) is 0 Å². The SMILES string of the molecule is CC(Sc1ncc(CO)n1C)C(F)(F)F. The molecule has 0 radical (unpaired) electrons. The Labute approximate surface area is 89.3 Å². The highest BCUT2D eigenvalue weighted by molar-refractivity contribution is 7.99. The third-order valence-corrected chi connectivity index (χ3v) is 3.16. The van der Waals surface area contributed by atoms with Crippen LogP contribution in [0.15, 0.2) is 11.4 Å². The van der Waals surface area contributed by atoms with Gasteiger partial charge in [0, 0.05) is 7.05 Å². The Hall–Kier alpha value is -0.690. The lowest BCUT2D eigenvalue weighted by atomic mass is 10.5. The first kappa shape index (κ1) is 12.4. The number of rotatable bonds is 3. The van der Waals surface area contributed by atoms with E-state index in [1.807, 2.05) is 0 Å². The van der Waals surface area contributed by atoms with E-state index in [2.05, 4.69) is 4.98 Å². The topological polar surface area (TPSA) is 38.1 Å². The highest BCUT2D eigenvalue weighted by atomic mass is 32.2. The summed E-state index contributed by atoms with van der Waals surface area (Å²) in [5.41, 5.74) is 0.492. The number of aromatic nitrogens is 2. The van der Waals surface area contributed by atoms with Crippen molar-refractivity contribution in [3.8, 4) is 0 Å². The lowest BCUT2D eigenvalue weighted by Gasteiger charge is -2.14. The first-order valence-electron chi connectivity index (χ1n) is 4.21. The maximum atomic E-state index is 12.2. The van der Waals surface area contributed by atoms with E-state index in [1.165, 1.54) is 10.8 Å².